The molecule has 3 rings (SSSR count). The van der Waals surface area contributed by atoms with Crippen LogP contribution in [-0.4, -0.2) is 52.5 Å². The lowest BCUT2D eigenvalue weighted by Crippen LogP contribution is -2.40. The number of aliphatic hydroxyl groups excluding tert-OH is 1. The van der Waals surface area contributed by atoms with Crippen molar-refractivity contribution in [1.82, 2.24) is 9.80 Å². The zero-order chi connectivity index (χ0) is 17.4. The molecule has 1 spiro atoms. The second-order valence-electron chi connectivity index (χ2n) is 8.24. The first-order valence-corrected chi connectivity index (χ1v) is 8.70. The molecular weight excluding hydrogens is 304 g/mol. The molecule has 1 N–H and O–H groups in total. The Bertz CT molecular complexity index is 584. The Morgan fingerprint density at radius 3 is 2.67 bits per heavy atom. The molecule has 0 aliphatic carbocycles. The third kappa shape index (κ3) is 3.90. The van der Waals surface area contributed by atoms with Crippen LogP contribution < -0.4 is 0 Å². The number of carbonyl (C=O) groups is 1. The summed E-state index contributed by atoms with van der Waals surface area (Å²) in [7, 11) is 0. The maximum atomic E-state index is 12.3. The fourth-order valence-corrected chi connectivity index (χ4v) is 3.84. The van der Waals surface area contributed by atoms with Crippen LogP contribution in [0, 0.1) is 5.41 Å². The summed E-state index contributed by atoms with van der Waals surface area (Å²) in [6.07, 6.45) is 0.498. The molecule has 2 aliphatic rings. The Morgan fingerprint density at radius 2 is 2.00 bits per heavy atom. The van der Waals surface area contributed by atoms with Crippen LogP contribution in [0.1, 0.15) is 39.2 Å². The van der Waals surface area contributed by atoms with E-state index in [0.717, 1.165) is 26.1 Å². The molecule has 2 aliphatic heterocycles. The van der Waals surface area contributed by atoms with Crippen molar-refractivity contribution in [3.05, 3.63) is 35.9 Å². The van der Waals surface area contributed by atoms with Gasteiger partial charge in [-0.2, -0.15) is 0 Å². The van der Waals surface area contributed by atoms with E-state index in [0.29, 0.717) is 13.0 Å². The van der Waals surface area contributed by atoms with Gasteiger partial charge in [0.15, 0.2) is 0 Å². The highest BCUT2D eigenvalue weighted by Crippen LogP contribution is 2.42. The largest absolute Gasteiger partial charge is 0.444 e. The number of benzene rings is 1. The SMILES string of the molecule is CC(C)(C)OC(=O)N1CC2(CCN(Cc3ccccc3)C2)CC1O. The van der Waals surface area contributed by atoms with Gasteiger partial charge in [-0.25, -0.2) is 4.79 Å². The van der Waals surface area contributed by atoms with Crippen LogP contribution in [0.3, 0.4) is 0 Å². The average molecular weight is 332 g/mol. The molecular formula is C19H28N2O3. The van der Waals surface area contributed by atoms with Gasteiger partial charge < -0.3 is 9.84 Å². The number of likely N-dealkylation sites (tertiary alicyclic amines) is 2. The summed E-state index contributed by atoms with van der Waals surface area (Å²) in [5, 5.41) is 10.4. The van der Waals surface area contributed by atoms with E-state index in [4.69, 9.17) is 4.74 Å². The maximum absolute atomic E-state index is 12.3. The minimum Gasteiger partial charge on any atom is -0.444 e. The van der Waals surface area contributed by atoms with Crippen molar-refractivity contribution in [3.63, 3.8) is 0 Å². The molecule has 24 heavy (non-hydrogen) atoms. The van der Waals surface area contributed by atoms with Crippen molar-refractivity contribution >= 4 is 6.09 Å². The van der Waals surface area contributed by atoms with E-state index >= 15 is 0 Å². The molecule has 5 nitrogen and oxygen atoms in total. The average Bonchev–Trinajstić information content (AvgIpc) is 3.02. The third-order valence-electron chi connectivity index (χ3n) is 4.88. The van der Waals surface area contributed by atoms with Crippen LogP contribution in [-0.2, 0) is 11.3 Å². The molecule has 2 fully saturated rings. The van der Waals surface area contributed by atoms with E-state index in [-0.39, 0.29) is 5.41 Å². The first-order valence-electron chi connectivity index (χ1n) is 8.70. The summed E-state index contributed by atoms with van der Waals surface area (Å²) in [6, 6.07) is 10.4. The van der Waals surface area contributed by atoms with Crippen molar-refractivity contribution in [1.29, 1.82) is 0 Å². The second kappa shape index (κ2) is 6.37. The van der Waals surface area contributed by atoms with Crippen molar-refractivity contribution in [2.24, 2.45) is 5.41 Å². The Labute approximate surface area is 144 Å². The van der Waals surface area contributed by atoms with Crippen molar-refractivity contribution in [3.8, 4) is 0 Å². The number of rotatable bonds is 2. The smallest absolute Gasteiger partial charge is 0.412 e. The molecule has 2 saturated heterocycles. The quantitative estimate of drug-likeness (QED) is 0.905. The number of nitrogens with zero attached hydrogens (tertiary/aromatic N) is 2. The summed E-state index contributed by atoms with van der Waals surface area (Å²) in [5.74, 6) is 0. The molecule has 0 aromatic heterocycles. The molecule has 1 amide bonds. The molecule has 1 aromatic carbocycles. The molecule has 132 valence electrons. The van der Waals surface area contributed by atoms with Gasteiger partial charge in [0.05, 0.1) is 0 Å². The minimum absolute atomic E-state index is 0.00883. The second-order valence-corrected chi connectivity index (χ2v) is 8.24. The van der Waals surface area contributed by atoms with E-state index in [9.17, 15) is 9.90 Å². The van der Waals surface area contributed by atoms with E-state index < -0.39 is 17.9 Å². The molecule has 2 unspecified atom stereocenters. The zero-order valence-corrected chi connectivity index (χ0v) is 14.9. The van der Waals surface area contributed by atoms with Crippen molar-refractivity contribution < 1.29 is 14.6 Å². The predicted molar refractivity (Wildman–Crippen MR) is 92.3 cm³/mol. The molecule has 1 aromatic rings. The van der Waals surface area contributed by atoms with Crippen molar-refractivity contribution in [2.75, 3.05) is 19.6 Å². The summed E-state index contributed by atoms with van der Waals surface area (Å²) < 4.78 is 5.43. The van der Waals surface area contributed by atoms with Gasteiger partial charge >= 0.3 is 6.09 Å². The molecule has 0 bridgehead atoms. The summed E-state index contributed by atoms with van der Waals surface area (Å²) in [4.78, 5) is 16.2. The lowest BCUT2D eigenvalue weighted by atomic mass is 9.86. The lowest BCUT2D eigenvalue weighted by Gasteiger charge is -2.27. The van der Waals surface area contributed by atoms with Crippen molar-refractivity contribution in [2.45, 2.75) is 52.0 Å². The van der Waals surface area contributed by atoms with Crippen LogP contribution in [0.15, 0.2) is 30.3 Å². The standard InChI is InChI=1S/C19H28N2O3/c1-18(2,3)24-17(23)21-14-19(11-16(21)22)9-10-20(13-19)12-15-7-5-4-6-8-15/h4-8,16,22H,9-14H2,1-3H3. The molecule has 0 radical (unpaired) electrons. The Balaban J connectivity index is 1.61. The van der Waals surface area contributed by atoms with Crippen LogP contribution in [0.25, 0.3) is 0 Å². The number of ether oxygens (including phenoxy) is 1. The number of hydrogen-bond acceptors (Lipinski definition) is 4. The fraction of sp³-hybridized carbons (Fsp3) is 0.632. The lowest BCUT2D eigenvalue weighted by molar-refractivity contribution is -0.0129. The summed E-state index contributed by atoms with van der Waals surface area (Å²) in [6.45, 7) is 8.96. The zero-order valence-electron chi connectivity index (χ0n) is 14.9. The number of amides is 1. The Hall–Kier alpha value is -1.59. The van der Waals surface area contributed by atoms with Gasteiger partial charge in [0, 0.05) is 31.5 Å². The van der Waals surface area contributed by atoms with Gasteiger partial charge in [-0.05, 0) is 39.3 Å². The van der Waals surface area contributed by atoms with Gasteiger partial charge in [0.1, 0.15) is 11.8 Å². The fourth-order valence-electron chi connectivity index (χ4n) is 3.84. The van der Waals surface area contributed by atoms with Crippen LogP contribution in [0.5, 0.6) is 0 Å². The van der Waals surface area contributed by atoms with Gasteiger partial charge in [-0.3, -0.25) is 9.80 Å². The molecule has 0 saturated carbocycles. The first-order chi connectivity index (χ1) is 11.3. The van der Waals surface area contributed by atoms with E-state index in [1.165, 1.54) is 10.5 Å². The Kier molecular flexibility index (Phi) is 4.58. The summed E-state index contributed by atoms with van der Waals surface area (Å²) in [5.41, 5.74) is 0.754. The van der Waals surface area contributed by atoms with E-state index in [1.54, 1.807) is 0 Å². The molecule has 2 heterocycles. The van der Waals surface area contributed by atoms with Gasteiger partial charge in [0.2, 0.25) is 0 Å². The number of hydrogen-bond donors (Lipinski definition) is 1. The third-order valence-corrected chi connectivity index (χ3v) is 4.88. The maximum Gasteiger partial charge on any atom is 0.412 e. The summed E-state index contributed by atoms with van der Waals surface area (Å²) >= 11 is 0. The highest BCUT2D eigenvalue weighted by Gasteiger charge is 2.49. The van der Waals surface area contributed by atoms with Crippen LogP contribution in [0.4, 0.5) is 4.79 Å². The monoisotopic (exact) mass is 332 g/mol. The van der Waals surface area contributed by atoms with Crippen LogP contribution in [0.2, 0.25) is 0 Å². The van der Waals surface area contributed by atoms with E-state index in [2.05, 4.69) is 29.2 Å². The van der Waals surface area contributed by atoms with Gasteiger partial charge in [-0.15, -0.1) is 0 Å². The molecule has 5 heteroatoms. The predicted octanol–water partition coefficient (Wildman–Crippen LogP) is 2.84. The van der Waals surface area contributed by atoms with E-state index in [1.807, 2.05) is 26.8 Å². The Morgan fingerprint density at radius 1 is 1.29 bits per heavy atom. The topological polar surface area (TPSA) is 53.0 Å². The minimum atomic E-state index is -0.739. The number of aliphatic hydroxyl groups is 1. The highest BCUT2D eigenvalue weighted by atomic mass is 16.6. The first kappa shape index (κ1) is 17.2. The van der Waals surface area contributed by atoms with Gasteiger partial charge in [-0.1, -0.05) is 30.3 Å². The number of carbonyl (C=O) groups excluding carboxylic acids is 1. The normalized spacial score (nSPS) is 27.8. The highest BCUT2D eigenvalue weighted by molar-refractivity contribution is 5.69. The van der Waals surface area contributed by atoms with Gasteiger partial charge in [0.25, 0.3) is 0 Å². The molecule has 2 atom stereocenters. The van der Waals surface area contributed by atoms with Crippen LogP contribution >= 0.6 is 0 Å².